The first-order valence-corrected chi connectivity index (χ1v) is 11.3. The first-order valence-electron chi connectivity index (χ1n) is 8.98. The average Bonchev–Trinajstić information content (AvgIpc) is 3.13. The standard InChI is InChI=1S/C21H15F2N3O3S2/c1-12-9-15(26-31(28,29)18-10-14(22)7-8-16(18)23)11-17-19(12)24-21(30-17)25-20(27)13-5-3-2-4-6-13/h2-11,26H,1H3,(H,24,25,27). The van der Waals surface area contributed by atoms with Crippen LogP contribution in [0.1, 0.15) is 15.9 Å². The Hall–Kier alpha value is -3.37. The highest BCUT2D eigenvalue weighted by Gasteiger charge is 2.21. The van der Waals surface area contributed by atoms with E-state index in [2.05, 4.69) is 15.0 Å². The van der Waals surface area contributed by atoms with Gasteiger partial charge in [0.05, 0.1) is 15.9 Å². The van der Waals surface area contributed by atoms with E-state index in [-0.39, 0.29) is 11.6 Å². The largest absolute Gasteiger partial charge is 0.298 e. The number of aromatic nitrogens is 1. The highest BCUT2D eigenvalue weighted by Crippen LogP contribution is 2.32. The molecule has 0 spiro atoms. The third-order valence-corrected chi connectivity index (χ3v) is 6.69. The molecule has 0 unspecified atom stereocenters. The summed E-state index contributed by atoms with van der Waals surface area (Å²) in [4.78, 5) is 16.0. The maximum Gasteiger partial charge on any atom is 0.264 e. The second-order valence-electron chi connectivity index (χ2n) is 6.66. The SMILES string of the molecule is Cc1cc(NS(=O)(=O)c2cc(F)ccc2F)cc2sc(NC(=O)c3ccccc3)nc12. The van der Waals surface area contributed by atoms with Crippen molar-refractivity contribution in [3.63, 3.8) is 0 Å². The number of rotatable bonds is 5. The third-order valence-electron chi connectivity index (χ3n) is 4.38. The van der Waals surface area contributed by atoms with Crippen molar-refractivity contribution < 1.29 is 22.0 Å². The van der Waals surface area contributed by atoms with Gasteiger partial charge in [0.15, 0.2) is 5.13 Å². The van der Waals surface area contributed by atoms with Crippen molar-refractivity contribution in [2.24, 2.45) is 0 Å². The molecule has 0 saturated heterocycles. The molecule has 4 rings (SSSR count). The number of benzene rings is 3. The van der Waals surface area contributed by atoms with E-state index in [4.69, 9.17) is 0 Å². The van der Waals surface area contributed by atoms with Crippen LogP contribution in [0, 0.1) is 18.6 Å². The lowest BCUT2D eigenvalue weighted by atomic mass is 10.2. The number of hydrogen-bond donors (Lipinski definition) is 2. The summed E-state index contributed by atoms with van der Waals surface area (Å²) in [7, 11) is -4.35. The van der Waals surface area contributed by atoms with Gasteiger partial charge in [-0.1, -0.05) is 29.5 Å². The summed E-state index contributed by atoms with van der Waals surface area (Å²) >= 11 is 1.16. The van der Waals surface area contributed by atoms with Gasteiger partial charge in [-0.25, -0.2) is 22.2 Å². The fourth-order valence-corrected chi connectivity index (χ4v) is 5.07. The monoisotopic (exact) mass is 459 g/mol. The van der Waals surface area contributed by atoms with Gasteiger partial charge in [0.2, 0.25) is 0 Å². The summed E-state index contributed by atoms with van der Waals surface area (Å²) < 4.78 is 55.3. The number of amides is 1. The number of sulfonamides is 1. The molecule has 3 aromatic carbocycles. The molecule has 0 fully saturated rings. The topological polar surface area (TPSA) is 88.2 Å². The first-order chi connectivity index (χ1) is 14.7. The maximum absolute atomic E-state index is 13.9. The molecule has 2 N–H and O–H groups in total. The molecule has 158 valence electrons. The molecule has 4 aromatic rings. The van der Waals surface area contributed by atoms with Crippen molar-refractivity contribution in [3.8, 4) is 0 Å². The van der Waals surface area contributed by atoms with Crippen molar-refractivity contribution >= 4 is 48.3 Å². The van der Waals surface area contributed by atoms with E-state index in [0.717, 1.165) is 23.5 Å². The number of anilines is 2. The number of thiazole rings is 1. The van der Waals surface area contributed by atoms with Crippen LogP contribution in [-0.4, -0.2) is 19.3 Å². The Kier molecular flexibility index (Phi) is 5.42. The highest BCUT2D eigenvalue weighted by atomic mass is 32.2. The minimum absolute atomic E-state index is 0.165. The van der Waals surface area contributed by atoms with E-state index in [0.29, 0.717) is 32.5 Å². The van der Waals surface area contributed by atoms with E-state index < -0.39 is 26.6 Å². The number of nitrogens with one attached hydrogen (secondary N) is 2. The van der Waals surface area contributed by atoms with Crippen molar-refractivity contribution in [2.45, 2.75) is 11.8 Å². The van der Waals surface area contributed by atoms with Crippen LogP contribution in [0.4, 0.5) is 19.6 Å². The molecule has 0 saturated carbocycles. The molecular weight excluding hydrogens is 444 g/mol. The fourth-order valence-electron chi connectivity index (χ4n) is 2.96. The lowest BCUT2D eigenvalue weighted by Gasteiger charge is -2.10. The zero-order valence-electron chi connectivity index (χ0n) is 16.0. The van der Waals surface area contributed by atoms with Crippen molar-refractivity contribution in [2.75, 3.05) is 10.0 Å². The number of hydrogen-bond acceptors (Lipinski definition) is 5. The van der Waals surface area contributed by atoms with Gasteiger partial charge in [-0.15, -0.1) is 0 Å². The smallest absolute Gasteiger partial charge is 0.264 e. The number of halogens is 2. The molecule has 0 radical (unpaired) electrons. The molecule has 1 heterocycles. The second-order valence-corrected chi connectivity index (χ2v) is 9.34. The van der Waals surface area contributed by atoms with Crippen LogP contribution in [0.3, 0.4) is 0 Å². The molecule has 0 aliphatic rings. The van der Waals surface area contributed by atoms with E-state index in [1.165, 1.54) is 12.1 Å². The predicted octanol–water partition coefficient (Wildman–Crippen LogP) is 4.94. The fraction of sp³-hybridized carbons (Fsp3) is 0.0476. The number of aryl methyl sites for hydroxylation is 1. The van der Waals surface area contributed by atoms with E-state index >= 15 is 0 Å². The van der Waals surface area contributed by atoms with E-state index in [9.17, 15) is 22.0 Å². The number of carbonyl (C=O) groups is 1. The molecule has 1 amide bonds. The highest BCUT2D eigenvalue weighted by molar-refractivity contribution is 7.92. The van der Waals surface area contributed by atoms with Gasteiger partial charge in [0.1, 0.15) is 16.5 Å². The molecule has 0 aliphatic carbocycles. The van der Waals surface area contributed by atoms with Gasteiger partial charge in [-0.2, -0.15) is 0 Å². The summed E-state index contributed by atoms with van der Waals surface area (Å²) in [5.41, 5.74) is 1.88. The van der Waals surface area contributed by atoms with Crippen LogP contribution < -0.4 is 10.0 Å². The average molecular weight is 459 g/mol. The Balaban J connectivity index is 1.63. The molecule has 0 aliphatic heterocycles. The Bertz CT molecular complexity index is 1400. The molecular formula is C21H15F2N3O3S2. The van der Waals surface area contributed by atoms with Gasteiger partial charge >= 0.3 is 0 Å². The van der Waals surface area contributed by atoms with Crippen molar-refractivity contribution in [1.82, 2.24) is 4.98 Å². The summed E-state index contributed by atoms with van der Waals surface area (Å²) in [6.07, 6.45) is 0. The van der Waals surface area contributed by atoms with E-state index in [1.807, 2.05) is 0 Å². The summed E-state index contributed by atoms with van der Waals surface area (Å²) in [5, 5.41) is 3.07. The lowest BCUT2D eigenvalue weighted by molar-refractivity contribution is 0.102. The van der Waals surface area contributed by atoms with Crippen LogP contribution in [0.2, 0.25) is 0 Å². The van der Waals surface area contributed by atoms with Crippen LogP contribution in [-0.2, 0) is 10.0 Å². The quantitative estimate of drug-likeness (QED) is 0.443. The number of carbonyl (C=O) groups excluding carboxylic acids is 1. The third kappa shape index (κ3) is 4.39. The second kappa shape index (κ2) is 8.05. The molecule has 6 nitrogen and oxygen atoms in total. The van der Waals surface area contributed by atoms with Gasteiger partial charge < -0.3 is 0 Å². The van der Waals surface area contributed by atoms with E-state index in [1.54, 1.807) is 37.3 Å². The number of fused-ring (bicyclic) bond motifs is 1. The van der Waals surface area contributed by atoms with Crippen molar-refractivity contribution in [3.05, 3.63) is 83.4 Å². The van der Waals surface area contributed by atoms with Crippen LogP contribution >= 0.6 is 11.3 Å². The molecule has 0 atom stereocenters. The normalized spacial score (nSPS) is 11.5. The lowest BCUT2D eigenvalue weighted by Crippen LogP contribution is -2.15. The Morgan fingerprint density at radius 3 is 2.52 bits per heavy atom. The molecule has 31 heavy (non-hydrogen) atoms. The van der Waals surface area contributed by atoms with Crippen LogP contribution in [0.25, 0.3) is 10.2 Å². The maximum atomic E-state index is 13.9. The summed E-state index contributed by atoms with van der Waals surface area (Å²) in [6, 6.07) is 13.9. The Labute approximate surface area is 180 Å². The van der Waals surface area contributed by atoms with Gasteiger partial charge in [0, 0.05) is 5.56 Å². The summed E-state index contributed by atoms with van der Waals surface area (Å²) in [6.45, 7) is 1.73. The van der Waals surface area contributed by atoms with Gasteiger partial charge in [0.25, 0.3) is 15.9 Å². The minimum Gasteiger partial charge on any atom is -0.298 e. The zero-order valence-corrected chi connectivity index (χ0v) is 17.7. The zero-order chi connectivity index (χ0) is 22.2. The Morgan fingerprint density at radius 1 is 1.03 bits per heavy atom. The minimum atomic E-state index is -4.35. The van der Waals surface area contributed by atoms with Crippen molar-refractivity contribution in [1.29, 1.82) is 0 Å². The predicted molar refractivity (Wildman–Crippen MR) is 116 cm³/mol. The molecule has 10 heteroatoms. The van der Waals surface area contributed by atoms with Gasteiger partial charge in [-0.3, -0.25) is 14.8 Å². The van der Waals surface area contributed by atoms with Crippen LogP contribution in [0.5, 0.6) is 0 Å². The number of nitrogens with zero attached hydrogens (tertiary/aromatic N) is 1. The summed E-state index contributed by atoms with van der Waals surface area (Å²) in [5.74, 6) is -2.25. The first kappa shape index (κ1) is 20.9. The van der Waals surface area contributed by atoms with Crippen LogP contribution in [0.15, 0.2) is 65.6 Å². The molecule has 0 bridgehead atoms. The van der Waals surface area contributed by atoms with Gasteiger partial charge in [-0.05, 0) is 55.0 Å². The molecule has 1 aromatic heterocycles. The Morgan fingerprint density at radius 2 is 1.77 bits per heavy atom.